The van der Waals surface area contributed by atoms with Crippen LogP contribution in [0.5, 0.6) is 5.75 Å². The number of ether oxygens (including phenoxy) is 1. The van der Waals surface area contributed by atoms with Gasteiger partial charge in [-0.05, 0) is 56.2 Å². The molecular formula is C19H24N2O3. The monoisotopic (exact) mass is 328 g/mol. The van der Waals surface area contributed by atoms with Gasteiger partial charge in [-0.3, -0.25) is 0 Å². The predicted molar refractivity (Wildman–Crippen MR) is 95.4 cm³/mol. The van der Waals surface area contributed by atoms with Gasteiger partial charge in [-0.1, -0.05) is 24.3 Å². The van der Waals surface area contributed by atoms with Crippen LogP contribution >= 0.6 is 0 Å². The van der Waals surface area contributed by atoms with E-state index in [1.165, 1.54) is 0 Å². The Balaban J connectivity index is 1.83. The Kier molecular flexibility index (Phi) is 6.21. The molecule has 0 saturated heterocycles. The van der Waals surface area contributed by atoms with Crippen LogP contribution in [0.25, 0.3) is 0 Å². The summed E-state index contributed by atoms with van der Waals surface area (Å²) in [5.74, 6) is 0.756. The molecule has 1 atom stereocenters. The second-order valence-corrected chi connectivity index (χ2v) is 5.96. The second kappa shape index (κ2) is 8.36. The lowest BCUT2D eigenvalue weighted by Crippen LogP contribution is -2.32. The van der Waals surface area contributed by atoms with Gasteiger partial charge >= 0.3 is 6.03 Å². The standard InChI is InChI=1S/C19H24N2O3/c1-13(2)24-17-9-7-15(8-10-17)18(22)12-20-19(23)21-16-6-4-5-14(3)11-16/h4-11,13,18,22H,12H2,1-3H3,(H2,20,21,23). The number of anilines is 1. The van der Waals surface area contributed by atoms with Gasteiger partial charge in [-0.15, -0.1) is 0 Å². The Labute approximate surface area is 142 Å². The summed E-state index contributed by atoms with van der Waals surface area (Å²) in [7, 11) is 0. The third-order valence-corrected chi connectivity index (χ3v) is 3.37. The number of carbonyl (C=O) groups excluding carboxylic acids is 1. The van der Waals surface area contributed by atoms with Crippen LogP contribution in [-0.4, -0.2) is 23.8 Å². The summed E-state index contributed by atoms with van der Waals surface area (Å²) in [4.78, 5) is 11.9. The highest BCUT2D eigenvalue weighted by Gasteiger charge is 2.10. The first-order valence-electron chi connectivity index (χ1n) is 8.00. The SMILES string of the molecule is Cc1cccc(NC(=O)NCC(O)c2ccc(OC(C)C)cc2)c1. The number of amides is 2. The summed E-state index contributed by atoms with van der Waals surface area (Å²) >= 11 is 0. The summed E-state index contributed by atoms with van der Waals surface area (Å²) in [5.41, 5.74) is 2.51. The largest absolute Gasteiger partial charge is 0.491 e. The van der Waals surface area contributed by atoms with Crippen molar-refractivity contribution < 1.29 is 14.6 Å². The summed E-state index contributed by atoms with van der Waals surface area (Å²) in [5, 5.41) is 15.6. The molecule has 3 N–H and O–H groups in total. The lowest BCUT2D eigenvalue weighted by Gasteiger charge is -2.14. The molecule has 0 aliphatic heterocycles. The zero-order valence-corrected chi connectivity index (χ0v) is 14.2. The van der Waals surface area contributed by atoms with E-state index < -0.39 is 6.10 Å². The molecule has 24 heavy (non-hydrogen) atoms. The number of hydrogen-bond donors (Lipinski definition) is 3. The van der Waals surface area contributed by atoms with Crippen LogP contribution in [0.2, 0.25) is 0 Å². The highest BCUT2D eigenvalue weighted by Crippen LogP contribution is 2.18. The van der Waals surface area contributed by atoms with E-state index in [4.69, 9.17) is 4.74 Å². The topological polar surface area (TPSA) is 70.6 Å². The number of aryl methyl sites for hydroxylation is 1. The summed E-state index contributed by atoms with van der Waals surface area (Å²) in [6, 6.07) is 14.4. The van der Waals surface area contributed by atoms with E-state index in [1.54, 1.807) is 12.1 Å². The van der Waals surface area contributed by atoms with Gasteiger partial charge in [0.05, 0.1) is 12.2 Å². The molecule has 1 unspecified atom stereocenters. The first-order chi connectivity index (χ1) is 11.4. The van der Waals surface area contributed by atoms with Gasteiger partial charge in [-0.25, -0.2) is 4.79 Å². The van der Waals surface area contributed by atoms with Crippen LogP contribution in [0.15, 0.2) is 48.5 Å². The molecule has 2 amide bonds. The highest BCUT2D eigenvalue weighted by molar-refractivity contribution is 5.89. The predicted octanol–water partition coefficient (Wildman–Crippen LogP) is 3.64. The maximum absolute atomic E-state index is 11.9. The molecule has 5 heteroatoms. The highest BCUT2D eigenvalue weighted by atomic mass is 16.5. The van der Waals surface area contributed by atoms with Crippen LogP contribution < -0.4 is 15.4 Å². The van der Waals surface area contributed by atoms with Gasteiger partial charge in [0, 0.05) is 12.2 Å². The molecule has 2 rings (SSSR count). The van der Waals surface area contributed by atoms with Gasteiger partial charge < -0.3 is 20.5 Å². The van der Waals surface area contributed by atoms with Gasteiger partial charge in [-0.2, -0.15) is 0 Å². The number of rotatable bonds is 6. The number of benzene rings is 2. The van der Waals surface area contributed by atoms with Crippen LogP contribution in [-0.2, 0) is 0 Å². The minimum atomic E-state index is -0.777. The van der Waals surface area contributed by atoms with Gasteiger partial charge in [0.2, 0.25) is 0 Å². The average molecular weight is 328 g/mol. The molecule has 0 fully saturated rings. The number of carbonyl (C=O) groups is 1. The molecule has 0 bridgehead atoms. The van der Waals surface area contributed by atoms with E-state index in [0.29, 0.717) is 0 Å². The first kappa shape index (κ1) is 17.8. The van der Waals surface area contributed by atoms with Crippen molar-refractivity contribution in [2.24, 2.45) is 0 Å². The minimum Gasteiger partial charge on any atom is -0.491 e. The van der Waals surface area contributed by atoms with Crippen molar-refractivity contribution in [2.75, 3.05) is 11.9 Å². The zero-order valence-electron chi connectivity index (χ0n) is 14.2. The second-order valence-electron chi connectivity index (χ2n) is 5.96. The van der Waals surface area contributed by atoms with Crippen molar-refractivity contribution in [3.8, 4) is 5.75 Å². The molecule has 2 aromatic rings. The van der Waals surface area contributed by atoms with Gasteiger partial charge in [0.25, 0.3) is 0 Å². The van der Waals surface area contributed by atoms with Crippen LogP contribution in [0.3, 0.4) is 0 Å². The fourth-order valence-electron chi connectivity index (χ4n) is 2.25. The van der Waals surface area contributed by atoms with E-state index in [1.807, 2.05) is 57.2 Å². The number of aliphatic hydroxyl groups excluding tert-OH is 1. The average Bonchev–Trinajstić information content (AvgIpc) is 2.53. The molecule has 5 nitrogen and oxygen atoms in total. The molecule has 128 valence electrons. The van der Waals surface area contributed by atoms with Crippen LogP contribution in [0.4, 0.5) is 10.5 Å². The van der Waals surface area contributed by atoms with E-state index in [0.717, 1.165) is 22.6 Å². The summed E-state index contributed by atoms with van der Waals surface area (Å²) < 4.78 is 5.56. The molecule has 0 radical (unpaired) electrons. The van der Waals surface area contributed by atoms with Crippen molar-refractivity contribution in [1.82, 2.24) is 5.32 Å². The Morgan fingerprint density at radius 2 is 1.88 bits per heavy atom. The van der Waals surface area contributed by atoms with Gasteiger partial charge in [0.1, 0.15) is 5.75 Å². The fraction of sp³-hybridized carbons (Fsp3) is 0.316. The number of nitrogens with one attached hydrogen (secondary N) is 2. The molecule has 0 aromatic heterocycles. The quantitative estimate of drug-likeness (QED) is 0.758. The summed E-state index contributed by atoms with van der Waals surface area (Å²) in [6.45, 7) is 6.00. The maximum atomic E-state index is 11.9. The lowest BCUT2D eigenvalue weighted by atomic mass is 10.1. The number of hydrogen-bond acceptors (Lipinski definition) is 3. The van der Waals surface area contributed by atoms with Crippen molar-refractivity contribution in [3.05, 3.63) is 59.7 Å². The molecule has 0 saturated carbocycles. The normalized spacial score (nSPS) is 11.9. The zero-order chi connectivity index (χ0) is 17.5. The van der Waals surface area contributed by atoms with Crippen molar-refractivity contribution in [2.45, 2.75) is 33.0 Å². The Morgan fingerprint density at radius 1 is 1.17 bits per heavy atom. The lowest BCUT2D eigenvalue weighted by molar-refractivity contribution is 0.175. The Bertz CT molecular complexity index is 669. The molecule has 0 heterocycles. The summed E-state index contributed by atoms with van der Waals surface area (Å²) in [6.07, 6.45) is -0.672. The smallest absolute Gasteiger partial charge is 0.319 e. The van der Waals surface area contributed by atoms with Crippen molar-refractivity contribution in [3.63, 3.8) is 0 Å². The molecular weight excluding hydrogens is 304 g/mol. The van der Waals surface area contributed by atoms with E-state index in [9.17, 15) is 9.90 Å². The molecule has 2 aromatic carbocycles. The first-order valence-corrected chi connectivity index (χ1v) is 8.00. The third kappa shape index (κ3) is 5.59. The third-order valence-electron chi connectivity index (χ3n) is 3.37. The minimum absolute atomic E-state index is 0.104. The number of aliphatic hydroxyl groups is 1. The maximum Gasteiger partial charge on any atom is 0.319 e. The van der Waals surface area contributed by atoms with Crippen molar-refractivity contribution >= 4 is 11.7 Å². The van der Waals surface area contributed by atoms with Crippen LogP contribution in [0.1, 0.15) is 31.1 Å². The van der Waals surface area contributed by atoms with E-state index in [-0.39, 0.29) is 18.7 Å². The fourth-order valence-corrected chi connectivity index (χ4v) is 2.25. The van der Waals surface area contributed by atoms with Crippen molar-refractivity contribution in [1.29, 1.82) is 0 Å². The Morgan fingerprint density at radius 3 is 2.50 bits per heavy atom. The molecule has 0 aliphatic rings. The molecule has 0 spiro atoms. The van der Waals surface area contributed by atoms with Crippen LogP contribution in [0, 0.1) is 6.92 Å². The number of urea groups is 1. The van der Waals surface area contributed by atoms with E-state index >= 15 is 0 Å². The van der Waals surface area contributed by atoms with Gasteiger partial charge in [0.15, 0.2) is 0 Å². The Hall–Kier alpha value is -2.53. The molecule has 0 aliphatic carbocycles. The van der Waals surface area contributed by atoms with E-state index in [2.05, 4.69) is 10.6 Å².